The number of alkyl halides is 3. The van der Waals surface area contributed by atoms with Crippen molar-refractivity contribution in [2.75, 3.05) is 6.54 Å². The molecule has 0 saturated carbocycles. The van der Waals surface area contributed by atoms with Gasteiger partial charge in [-0.3, -0.25) is 4.98 Å². The second kappa shape index (κ2) is 4.75. The molecule has 1 unspecified atom stereocenters. The maximum absolute atomic E-state index is 12.9. The van der Waals surface area contributed by atoms with Crippen molar-refractivity contribution < 1.29 is 21.6 Å². The van der Waals surface area contributed by atoms with Crippen LogP contribution in [-0.4, -0.2) is 30.3 Å². The summed E-state index contributed by atoms with van der Waals surface area (Å²) in [6, 6.07) is 0.402. The lowest BCUT2D eigenvalue weighted by molar-refractivity contribution is -0.140. The molecule has 0 spiro atoms. The van der Waals surface area contributed by atoms with Crippen molar-refractivity contribution >= 4 is 10.0 Å². The molecule has 19 heavy (non-hydrogen) atoms. The highest BCUT2D eigenvalue weighted by Crippen LogP contribution is 2.36. The first-order valence-electron chi connectivity index (χ1n) is 5.77. The highest BCUT2D eigenvalue weighted by Gasteiger charge is 2.41. The number of rotatable bonds is 2. The Morgan fingerprint density at radius 1 is 1.42 bits per heavy atom. The third kappa shape index (κ3) is 2.59. The average molecular weight is 294 g/mol. The molecule has 1 aromatic rings. The lowest BCUT2D eigenvalue weighted by atomic mass is 10.3. The molecule has 0 N–H and O–H groups in total. The fraction of sp³-hybridized carbons (Fsp3) is 0.545. The van der Waals surface area contributed by atoms with E-state index in [2.05, 4.69) is 4.98 Å². The molecule has 1 saturated heterocycles. The van der Waals surface area contributed by atoms with Gasteiger partial charge in [-0.25, -0.2) is 8.42 Å². The number of halogens is 3. The molecule has 1 aliphatic heterocycles. The number of sulfonamides is 1. The first kappa shape index (κ1) is 14.3. The number of nitrogens with zero attached hydrogens (tertiary/aromatic N) is 2. The summed E-state index contributed by atoms with van der Waals surface area (Å²) in [6.07, 6.45) is -1.70. The molecule has 8 heteroatoms. The predicted octanol–water partition coefficient (Wildman–Crippen LogP) is 2.27. The van der Waals surface area contributed by atoms with Gasteiger partial charge in [-0.15, -0.1) is 0 Å². The van der Waals surface area contributed by atoms with Crippen LogP contribution in [0.5, 0.6) is 0 Å². The van der Waals surface area contributed by atoms with E-state index >= 15 is 0 Å². The van der Waals surface area contributed by atoms with Crippen LogP contribution in [0.15, 0.2) is 23.4 Å². The Kier molecular flexibility index (Phi) is 3.57. The maximum atomic E-state index is 12.9. The van der Waals surface area contributed by atoms with Crippen molar-refractivity contribution in [3.05, 3.63) is 24.0 Å². The summed E-state index contributed by atoms with van der Waals surface area (Å²) in [4.78, 5) is 2.75. The fourth-order valence-electron chi connectivity index (χ4n) is 2.21. The Labute approximate surface area is 109 Å². The van der Waals surface area contributed by atoms with Crippen LogP contribution in [0.25, 0.3) is 0 Å². The molecular weight excluding hydrogens is 281 g/mol. The third-order valence-electron chi connectivity index (χ3n) is 3.17. The van der Waals surface area contributed by atoms with E-state index in [1.165, 1.54) is 0 Å². The van der Waals surface area contributed by atoms with E-state index in [0.29, 0.717) is 18.9 Å². The molecule has 4 nitrogen and oxygen atoms in total. The topological polar surface area (TPSA) is 50.3 Å². The van der Waals surface area contributed by atoms with Crippen LogP contribution in [0.2, 0.25) is 0 Å². The van der Waals surface area contributed by atoms with Crippen molar-refractivity contribution in [2.24, 2.45) is 0 Å². The van der Waals surface area contributed by atoms with Gasteiger partial charge in [-0.1, -0.05) is 0 Å². The lowest BCUT2D eigenvalue weighted by Gasteiger charge is -2.22. The minimum absolute atomic E-state index is 0.246. The van der Waals surface area contributed by atoms with Gasteiger partial charge in [0.25, 0.3) is 0 Å². The molecular formula is C11H13F3N2O2S. The van der Waals surface area contributed by atoms with Crippen molar-refractivity contribution in [3.8, 4) is 0 Å². The zero-order chi connectivity index (χ0) is 14.3. The second-order valence-electron chi connectivity index (χ2n) is 4.48. The largest absolute Gasteiger partial charge is 0.417 e. The van der Waals surface area contributed by atoms with Crippen LogP contribution >= 0.6 is 0 Å². The van der Waals surface area contributed by atoms with Crippen LogP contribution < -0.4 is 0 Å². The number of hydrogen-bond donors (Lipinski definition) is 0. The molecule has 1 atom stereocenters. The Hall–Kier alpha value is -1.15. The normalized spacial score (nSPS) is 21.8. The summed E-state index contributed by atoms with van der Waals surface area (Å²) in [5, 5.41) is 0. The van der Waals surface area contributed by atoms with Crippen LogP contribution in [0.3, 0.4) is 0 Å². The summed E-state index contributed by atoms with van der Waals surface area (Å²) in [5.41, 5.74) is -1.17. The van der Waals surface area contributed by atoms with Crippen LogP contribution in [-0.2, 0) is 16.2 Å². The predicted molar refractivity (Wildman–Crippen MR) is 61.8 cm³/mol. The Morgan fingerprint density at radius 3 is 2.63 bits per heavy atom. The summed E-state index contributed by atoms with van der Waals surface area (Å²) < 4.78 is 64.3. The molecule has 1 aliphatic rings. The first-order valence-corrected chi connectivity index (χ1v) is 7.21. The van der Waals surface area contributed by atoms with Gasteiger partial charge < -0.3 is 0 Å². The first-order chi connectivity index (χ1) is 8.74. The minimum atomic E-state index is -4.71. The van der Waals surface area contributed by atoms with Crippen molar-refractivity contribution in [1.82, 2.24) is 9.29 Å². The Bertz CT molecular complexity index is 572. The van der Waals surface area contributed by atoms with E-state index in [1.54, 1.807) is 6.92 Å². The molecule has 1 aromatic heterocycles. The molecule has 0 radical (unpaired) electrons. The molecule has 106 valence electrons. The highest BCUT2D eigenvalue weighted by molar-refractivity contribution is 7.89. The van der Waals surface area contributed by atoms with E-state index in [0.717, 1.165) is 16.7 Å². The van der Waals surface area contributed by atoms with Crippen LogP contribution in [0.1, 0.15) is 25.3 Å². The quantitative estimate of drug-likeness (QED) is 0.841. The smallest absolute Gasteiger partial charge is 0.263 e. The zero-order valence-corrected chi connectivity index (χ0v) is 11.0. The van der Waals surface area contributed by atoms with Gasteiger partial charge in [-0.2, -0.15) is 17.5 Å². The number of aromatic nitrogens is 1. The number of hydrogen-bond acceptors (Lipinski definition) is 3. The maximum Gasteiger partial charge on any atom is 0.417 e. The molecule has 0 amide bonds. The van der Waals surface area contributed by atoms with Gasteiger partial charge in [0, 0.05) is 25.0 Å². The summed E-state index contributed by atoms with van der Waals surface area (Å²) in [7, 11) is -4.15. The van der Waals surface area contributed by atoms with Crippen molar-refractivity contribution in [2.45, 2.75) is 36.9 Å². The van der Waals surface area contributed by atoms with Gasteiger partial charge in [0.1, 0.15) is 4.90 Å². The summed E-state index contributed by atoms with van der Waals surface area (Å²) in [5.74, 6) is 0. The SMILES string of the molecule is CC1CCCN1S(=O)(=O)c1cnccc1C(F)(F)F. The van der Waals surface area contributed by atoms with Gasteiger partial charge in [0.05, 0.1) is 5.56 Å². The van der Waals surface area contributed by atoms with Gasteiger partial charge in [0.15, 0.2) is 0 Å². The molecule has 2 heterocycles. The Balaban J connectivity index is 2.53. The highest BCUT2D eigenvalue weighted by atomic mass is 32.2. The summed E-state index contributed by atoms with van der Waals surface area (Å²) in [6.45, 7) is 1.93. The van der Waals surface area contributed by atoms with E-state index < -0.39 is 26.7 Å². The molecule has 2 rings (SSSR count). The van der Waals surface area contributed by atoms with E-state index in [-0.39, 0.29) is 12.6 Å². The lowest BCUT2D eigenvalue weighted by Crippen LogP contribution is -2.35. The van der Waals surface area contributed by atoms with Crippen LogP contribution in [0, 0.1) is 0 Å². The standard InChI is InChI=1S/C11H13F3N2O2S/c1-8-3-2-6-16(8)19(17,18)10-7-15-5-4-9(10)11(12,13)14/h4-5,7-8H,2-3,6H2,1H3. The van der Waals surface area contributed by atoms with E-state index in [9.17, 15) is 21.6 Å². The molecule has 1 fully saturated rings. The monoisotopic (exact) mass is 294 g/mol. The van der Waals surface area contributed by atoms with Crippen LogP contribution in [0.4, 0.5) is 13.2 Å². The molecule has 0 aliphatic carbocycles. The second-order valence-corrected chi connectivity index (χ2v) is 6.34. The minimum Gasteiger partial charge on any atom is -0.263 e. The van der Waals surface area contributed by atoms with Gasteiger partial charge >= 0.3 is 6.18 Å². The van der Waals surface area contributed by atoms with Crippen molar-refractivity contribution in [3.63, 3.8) is 0 Å². The summed E-state index contributed by atoms with van der Waals surface area (Å²) >= 11 is 0. The van der Waals surface area contributed by atoms with Gasteiger partial charge in [0.2, 0.25) is 10.0 Å². The molecule has 0 bridgehead atoms. The van der Waals surface area contributed by atoms with E-state index in [4.69, 9.17) is 0 Å². The fourth-order valence-corrected chi connectivity index (χ4v) is 4.07. The molecule has 0 aromatic carbocycles. The van der Waals surface area contributed by atoms with Crippen molar-refractivity contribution in [1.29, 1.82) is 0 Å². The number of pyridine rings is 1. The van der Waals surface area contributed by atoms with Gasteiger partial charge in [-0.05, 0) is 25.8 Å². The van der Waals surface area contributed by atoms with E-state index in [1.807, 2.05) is 0 Å². The zero-order valence-electron chi connectivity index (χ0n) is 10.2. The average Bonchev–Trinajstić information content (AvgIpc) is 2.75. The Morgan fingerprint density at radius 2 is 2.11 bits per heavy atom. The third-order valence-corrected chi connectivity index (χ3v) is 5.21.